The van der Waals surface area contributed by atoms with E-state index >= 15 is 0 Å². The lowest BCUT2D eigenvalue weighted by molar-refractivity contribution is 0.300. The Morgan fingerprint density at radius 1 is 0.442 bits per heavy atom. The first-order valence-electron chi connectivity index (χ1n) is 14.1. The number of benzene rings is 4. The number of hydrogen-bond acceptors (Lipinski definition) is 4. The number of halogens is 4. The molecule has 4 aromatic carbocycles. The van der Waals surface area contributed by atoms with Crippen LogP contribution in [0.3, 0.4) is 0 Å². The first kappa shape index (κ1) is 31.1. The van der Waals surface area contributed by atoms with E-state index in [9.17, 15) is 17.6 Å². The molecule has 0 aliphatic heterocycles. The molecule has 0 fully saturated rings. The van der Waals surface area contributed by atoms with E-state index in [0.717, 1.165) is 69.2 Å². The number of ether oxygens (including phenoxy) is 2. The van der Waals surface area contributed by atoms with Gasteiger partial charge in [-0.05, 0) is 83.6 Å². The van der Waals surface area contributed by atoms with Crippen LogP contribution >= 0.6 is 0 Å². The minimum absolute atomic E-state index is 0.361. The Hall–Kier alpha value is -4.82. The zero-order chi connectivity index (χ0) is 30.6. The van der Waals surface area contributed by atoms with Crippen molar-refractivity contribution in [2.75, 3.05) is 13.2 Å². The average Bonchev–Trinajstić information content (AvgIpc) is 3.00. The minimum Gasteiger partial charge on any atom is -0.494 e. The van der Waals surface area contributed by atoms with Crippen LogP contribution in [0.4, 0.5) is 17.6 Å². The first-order valence-corrected chi connectivity index (χ1v) is 14.1. The van der Waals surface area contributed by atoms with Gasteiger partial charge in [0.2, 0.25) is 0 Å². The van der Waals surface area contributed by atoms with Crippen molar-refractivity contribution in [1.82, 2.24) is 0 Å². The summed E-state index contributed by atoms with van der Waals surface area (Å²) >= 11 is 0. The average molecular weight is 587 g/mol. The van der Waals surface area contributed by atoms with Gasteiger partial charge in [-0.25, -0.2) is 17.6 Å². The van der Waals surface area contributed by atoms with E-state index in [1.807, 2.05) is 0 Å². The van der Waals surface area contributed by atoms with Crippen LogP contribution in [0.5, 0.6) is 11.5 Å². The predicted molar refractivity (Wildman–Crippen MR) is 156 cm³/mol. The summed E-state index contributed by atoms with van der Waals surface area (Å²) < 4.78 is 67.1. The molecule has 8 heteroatoms. The highest BCUT2D eigenvalue weighted by Crippen LogP contribution is 2.27. The summed E-state index contributed by atoms with van der Waals surface area (Å²) in [5.74, 6) is -2.15. The Morgan fingerprint density at radius 3 is 1.05 bits per heavy atom. The second kappa shape index (κ2) is 15.4. The van der Waals surface area contributed by atoms with Gasteiger partial charge in [0.15, 0.2) is 0 Å². The Balaban J connectivity index is 1.05. The SMILES string of the molecule is N#Cc1c(F)cc(-c2ccc(OCCCCCCCCCOc3ccc(-c4cc(F)c(C#N)c(F)c4)cc3)cc2)cc1F. The number of nitrogens with zero attached hydrogens (tertiary/aromatic N) is 2. The van der Waals surface area contributed by atoms with Gasteiger partial charge in [0.25, 0.3) is 0 Å². The third-order valence-corrected chi connectivity index (χ3v) is 7.01. The molecule has 0 aliphatic carbocycles. The van der Waals surface area contributed by atoms with Crippen LogP contribution in [-0.2, 0) is 0 Å². The lowest BCUT2D eigenvalue weighted by Crippen LogP contribution is -1.98. The van der Waals surface area contributed by atoms with Crippen LogP contribution in [0.25, 0.3) is 22.3 Å². The number of unbranched alkanes of at least 4 members (excludes halogenated alkanes) is 6. The predicted octanol–water partition coefficient (Wildman–Crippen LogP) is 9.51. The molecule has 0 unspecified atom stereocenters. The molecule has 0 radical (unpaired) electrons. The Bertz CT molecular complexity index is 1440. The Kier molecular flexibility index (Phi) is 11.2. The van der Waals surface area contributed by atoms with Gasteiger partial charge in [0.05, 0.1) is 13.2 Å². The highest BCUT2D eigenvalue weighted by atomic mass is 19.1. The molecule has 0 spiro atoms. The van der Waals surface area contributed by atoms with Gasteiger partial charge < -0.3 is 9.47 Å². The molecule has 220 valence electrons. The largest absolute Gasteiger partial charge is 0.494 e. The molecular formula is C35H30F4N2O2. The van der Waals surface area contributed by atoms with Crippen molar-refractivity contribution >= 4 is 0 Å². The van der Waals surface area contributed by atoms with Gasteiger partial charge in [-0.3, -0.25) is 0 Å². The monoisotopic (exact) mass is 586 g/mol. The van der Waals surface area contributed by atoms with E-state index in [2.05, 4.69) is 0 Å². The van der Waals surface area contributed by atoms with Crippen LogP contribution < -0.4 is 9.47 Å². The highest BCUT2D eigenvalue weighted by molar-refractivity contribution is 5.66. The first-order chi connectivity index (χ1) is 20.9. The van der Waals surface area contributed by atoms with Gasteiger partial charge in [-0.2, -0.15) is 10.5 Å². The van der Waals surface area contributed by atoms with Crippen molar-refractivity contribution in [1.29, 1.82) is 10.5 Å². The Morgan fingerprint density at radius 2 is 0.744 bits per heavy atom. The fourth-order valence-corrected chi connectivity index (χ4v) is 4.65. The van der Waals surface area contributed by atoms with Gasteiger partial charge in [-0.1, -0.05) is 56.4 Å². The zero-order valence-corrected chi connectivity index (χ0v) is 23.5. The van der Waals surface area contributed by atoms with E-state index < -0.39 is 34.4 Å². The molecule has 0 N–H and O–H groups in total. The number of hydrogen-bond donors (Lipinski definition) is 0. The summed E-state index contributed by atoms with van der Waals surface area (Å²) in [5.41, 5.74) is 0.820. The molecule has 0 atom stereocenters. The molecule has 0 aromatic heterocycles. The Labute approximate surface area is 248 Å². The van der Waals surface area contributed by atoms with Crippen LogP contribution in [0, 0.1) is 45.9 Å². The lowest BCUT2D eigenvalue weighted by atomic mass is 10.0. The van der Waals surface area contributed by atoms with Crippen molar-refractivity contribution < 1.29 is 27.0 Å². The van der Waals surface area contributed by atoms with Crippen molar-refractivity contribution in [2.24, 2.45) is 0 Å². The summed E-state index contributed by atoms with van der Waals surface area (Å²) in [6.45, 7) is 1.17. The highest BCUT2D eigenvalue weighted by Gasteiger charge is 2.13. The quantitative estimate of drug-likeness (QED) is 0.109. The molecule has 0 bridgehead atoms. The van der Waals surface area contributed by atoms with Crippen molar-refractivity contribution in [3.63, 3.8) is 0 Å². The molecule has 43 heavy (non-hydrogen) atoms. The van der Waals surface area contributed by atoms with Crippen LogP contribution in [-0.4, -0.2) is 13.2 Å². The topological polar surface area (TPSA) is 66.0 Å². The molecule has 0 heterocycles. The number of nitriles is 2. The molecule has 0 aliphatic rings. The molecule has 4 rings (SSSR count). The molecular weight excluding hydrogens is 556 g/mol. The van der Waals surface area contributed by atoms with E-state index in [1.165, 1.54) is 12.1 Å². The molecule has 0 saturated carbocycles. The fraction of sp³-hybridized carbons (Fsp3) is 0.257. The maximum absolute atomic E-state index is 13.9. The summed E-state index contributed by atoms with van der Waals surface area (Å²) in [4.78, 5) is 0. The van der Waals surface area contributed by atoms with Gasteiger partial charge >= 0.3 is 0 Å². The second-order valence-electron chi connectivity index (χ2n) is 10.1. The van der Waals surface area contributed by atoms with E-state index in [0.29, 0.717) is 47.0 Å². The van der Waals surface area contributed by atoms with Crippen molar-refractivity contribution in [3.8, 4) is 45.9 Å². The molecule has 0 amide bonds. The third kappa shape index (κ3) is 8.59. The fourth-order valence-electron chi connectivity index (χ4n) is 4.65. The standard InChI is InChI=1S/C35H30F4N2O2/c36-32-18-26(19-33(37)30(32)22-40)24-8-12-28(13-9-24)42-16-6-4-2-1-3-5-7-17-43-29-14-10-25(11-15-29)27-20-34(38)31(23-41)35(39)21-27/h8-15,18-21H,1-7,16-17H2. The van der Waals surface area contributed by atoms with Crippen LogP contribution in [0.15, 0.2) is 72.8 Å². The molecule has 0 saturated heterocycles. The van der Waals surface area contributed by atoms with E-state index in [-0.39, 0.29) is 0 Å². The van der Waals surface area contributed by atoms with Gasteiger partial charge in [-0.15, -0.1) is 0 Å². The third-order valence-electron chi connectivity index (χ3n) is 7.01. The van der Waals surface area contributed by atoms with E-state index in [4.69, 9.17) is 20.0 Å². The summed E-state index contributed by atoms with van der Waals surface area (Å²) in [6, 6.07) is 21.6. The maximum atomic E-state index is 13.9. The maximum Gasteiger partial charge on any atom is 0.144 e. The number of rotatable bonds is 14. The van der Waals surface area contributed by atoms with Crippen molar-refractivity contribution in [3.05, 3.63) is 107 Å². The van der Waals surface area contributed by atoms with Gasteiger partial charge in [0.1, 0.15) is 58.0 Å². The molecule has 4 nitrogen and oxygen atoms in total. The second-order valence-corrected chi connectivity index (χ2v) is 10.1. The normalized spacial score (nSPS) is 10.7. The van der Waals surface area contributed by atoms with Crippen LogP contribution in [0.1, 0.15) is 56.1 Å². The minimum atomic E-state index is -0.879. The summed E-state index contributed by atoms with van der Waals surface area (Å²) in [6.07, 6.45) is 7.30. The van der Waals surface area contributed by atoms with Gasteiger partial charge in [0, 0.05) is 0 Å². The zero-order valence-electron chi connectivity index (χ0n) is 23.5. The smallest absolute Gasteiger partial charge is 0.144 e. The lowest BCUT2D eigenvalue weighted by Gasteiger charge is -2.09. The van der Waals surface area contributed by atoms with Crippen LogP contribution in [0.2, 0.25) is 0 Å². The summed E-state index contributed by atoms with van der Waals surface area (Å²) in [7, 11) is 0. The van der Waals surface area contributed by atoms with Crippen molar-refractivity contribution in [2.45, 2.75) is 44.9 Å². The molecule has 4 aromatic rings. The summed E-state index contributed by atoms with van der Waals surface area (Å²) in [5, 5.41) is 17.6. The van der Waals surface area contributed by atoms with E-state index in [1.54, 1.807) is 48.5 Å².